The fourth-order valence-electron chi connectivity index (χ4n) is 4.47. The molecule has 3 aromatic rings. The van der Waals surface area contributed by atoms with Crippen LogP contribution in [0.3, 0.4) is 0 Å². The Balaban J connectivity index is 1.99. The SMILES string of the molecule is C=CC(=O)N1CCc2c(-c3c(F)cc(C(N)O)c4[nH]c(C)c(Cl)c34)cccc2C1C. The van der Waals surface area contributed by atoms with E-state index in [1.807, 2.05) is 25.1 Å². The van der Waals surface area contributed by atoms with Crippen LogP contribution in [-0.4, -0.2) is 27.4 Å². The fourth-order valence-corrected chi connectivity index (χ4v) is 4.71. The van der Waals surface area contributed by atoms with Crippen LogP contribution in [0.1, 0.15) is 41.6 Å². The first kappa shape index (κ1) is 20.6. The van der Waals surface area contributed by atoms with Crippen molar-refractivity contribution in [3.63, 3.8) is 0 Å². The number of aliphatic hydroxyl groups excluding tert-OH is 1. The van der Waals surface area contributed by atoms with Gasteiger partial charge in [-0.2, -0.15) is 0 Å². The summed E-state index contributed by atoms with van der Waals surface area (Å²) >= 11 is 6.56. The Bertz CT molecular complexity index is 1190. The summed E-state index contributed by atoms with van der Waals surface area (Å²) in [5.41, 5.74) is 10.2. The number of aliphatic hydroxyl groups is 1. The number of fused-ring (bicyclic) bond motifs is 2. The van der Waals surface area contributed by atoms with Crippen molar-refractivity contribution >= 4 is 28.4 Å². The predicted octanol–water partition coefficient (Wildman–Crippen LogP) is 4.52. The summed E-state index contributed by atoms with van der Waals surface area (Å²) in [5, 5.41) is 10.8. The molecule has 4 N–H and O–H groups in total. The average Bonchev–Trinajstić information content (AvgIpc) is 3.01. The Morgan fingerprint density at radius 2 is 2.23 bits per heavy atom. The van der Waals surface area contributed by atoms with Gasteiger partial charge in [-0.3, -0.25) is 4.79 Å². The Labute approximate surface area is 178 Å². The van der Waals surface area contributed by atoms with E-state index >= 15 is 4.39 Å². The highest BCUT2D eigenvalue weighted by molar-refractivity contribution is 6.37. The normalized spacial score (nSPS) is 17.1. The largest absolute Gasteiger partial charge is 0.374 e. The topological polar surface area (TPSA) is 82.3 Å². The third-order valence-electron chi connectivity index (χ3n) is 5.95. The van der Waals surface area contributed by atoms with Crippen molar-refractivity contribution in [1.29, 1.82) is 0 Å². The monoisotopic (exact) mass is 427 g/mol. The predicted molar refractivity (Wildman–Crippen MR) is 117 cm³/mol. The van der Waals surface area contributed by atoms with Gasteiger partial charge < -0.3 is 20.7 Å². The Morgan fingerprint density at radius 3 is 2.90 bits per heavy atom. The number of nitrogens with two attached hydrogens (primary N) is 1. The van der Waals surface area contributed by atoms with E-state index in [1.54, 1.807) is 11.8 Å². The zero-order chi connectivity index (χ0) is 21.7. The summed E-state index contributed by atoms with van der Waals surface area (Å²) in [5.74, 6) is -0.633. The molecule has 0 fully saturated rings. The van der Waals surface area contributed by atoms with Crippen LogP contribution in [0.4, 0.5) is 4.39 Å². The first-order valence-corrected chi connectivity index (χ1v) is 10.1. The molecule has 2 unspecified atom stereocenters. The van der Waals surface area contributed by atoms with Crippen LogP contribution in [0.5, 0.6) is 0 Å². The van der Waals surface area contributed by atoms with Gasteiger partial charge in [-0.25, -0.2) is 4.39 Å². The van der Waals surface area contributed by atoms with Crippen LogP contribution in [0.2, 0.25) is 5.02 Å². The second-order valence-corrected chi connectivity index (χ2v) is 7.99. The number of nitrogens with zero attached hydrogens (tertiary/aromatic N) is 1. The average molecular weight is 428 g/mol. The number of carbonyl (C=O) groups excluding carboxylic acids is 1. The number of carbonyl (C=O) groups is 1. The van der Waals surface area contributed by atoms with Gasteiger partial charge in [0.1, 0.15) is 12.0 Å². The Morgan fingerprint density at radius 1 is 1.50 bits per heavy atom. The first-order chi connectivity index (χ1) is 14.3. The van der Waals surface area contributed by atoms with Crippen LogP contribution in [0.25, 0.3) is 22.0 Å². The van der Waals surface area contributed by atoms with Gasteiger partial charge >= 0.3 is 0 Å². The first-order valence-electron chi connectivity index (χ1n) is 9.75. The quantitative estimate of drug-likeness (QED) is 0.424. The van der Waals surface area contributed by atoms with Crippen LogP contribution >= 0.6 is 11.6 Å². The number of benzene rings is 2. The fraction of sp³-hybridized carbons (Fsp3) is 0.261. The lowest BCUT2D eigenvalue weighted by atomic mass is 9.85. The van der Waals surface area contributed by atoms with Gasteiger partial charge in [0.2, 0.25) is 5.91 Å². The molecule has 0 saturated heterocycles. The lowest BCUT2D eigenvalue weighted by Crippen LogP contribution is -2.38. The van der Waals surface area contributed by atoms with Gasteiger partial charge in [0, 0.05) is 28.8 Å². The molecule has 2 heterocycles. The van der Waals surface area contributed by atoms with Crippen molar-refractivity contribution < 1.29 is 14.3 Å². The molecule has 1 amide bonds. The van der Waals surface area contributed by atoms with Gasteiger partial charge in [-0.15, -0.1) is 0 Å². The van der Waals surface area contributed by atoms with Gasteiger partial charge in [-0.1, -0.05) is 36.4 Å². The molecule has 0 radical (unpaired) electrons. The van der Waals surface area contributed by atoms with Crippen molar-refractivity contribution in [3.05, 3.63) is 70.1 Å². The van der Waals surface area contributed by atoms with Crippen molar-refractivity contribution in [2.75, 3.05) is 6.54 Å². The molecule has 7 heteroatoms. The minimum Gasteiger partial charge on any atom is -0.374 e. The maximum atomic E-state index is 15.4. The van der Waals surface area contributed by atoms with E-state index < -0.39 is 12.0 Å². The zero-order valence-corrected chi connectivity index (χ0v) is 17.6. The standard InChI is InChI=1S/C23H23ClFN3O2/c1-4-18(29)28-9-8-14-13(12(28)3)6-5-7-15(14)19-17(25)10-16(23(26)30)22-20(19)21(24)11(2)27-22/h4-7,10,12,23,27,30H,1,8-9,26H2,2-3H3. The molecule has 5 nitrogen and oxygen atoms in total. The molecule has 0 spiro atoms. The molecule has 2 aromatic carbocycles. The number of nitrogens with one attached hydrogen (secondary N) is 1. The van der Waals surface area contributed by atoms with Gasteiger partial charge in [0.05, 0.1) is 16.6 Å². The molecular weight excluding hydrogens is 405 g/mol. The number of amides is 1. The van der Waals surface area contributed by atoms with Gasteiger partial charge in [0.15, 0.2) is 0 Å². The highest BCUT2D eigenvalue weighted by atomic mass is 35.5. The summed E-state index contributed by atoms with van der Waals surface area (Å²) in [6, 6.07) is 6.78. The second-order valence-electron chi connectivity index (χ2n) is 7.62. The van der Waals surface area contributed by atoms with Crippen LogP contribution in [-0.2, 0) is 11.2 Å². The van der Waals surface area contributed by atoms with E-state index in [0.717, 1.165) is 16.7 Å². The van der Waals surface area contributed by atoms with Crippen LogP contribution in [0, 0.1) is 12.7 Å². The van der Waals surface area contributed by atoms with E-state index in [1.165, 1.54) is 12.1 Å². The maximum Gasteiger partial charge on any atom is 0.246 e. The molecule has 0 saturated carbocycles. The summed E-state index contributed by atoms with van der Waals surface area (Å²) < 4.78 is 15.4. The molecule has 0 aliphatic carbocycles. The highest BCUT2D eigenvalue weighted by Crippen LogP contribution is 2.44. The number of rotatable bonds is 3. The molecule has 1 aliphatic rings. The van der Waals surface area contributed by atoms with Crippen molar-refractivity contribution in [2.45, 2.75) is 32.5 Å². The van der Waals surface area contributed by atoms with Crippen molar-refractivity contribution in [2.24, 2.45) is 5.73 Å². The van der Waals surface area contributed by atoms with Crippen LogP contribution in [0.15, 0.2) is 36.9 Å². The zero-order valence-electron chi connectivity index (χ0n) is 16.8. The molecule has 30 heavy (non-hydrogen) atoms. The molecule has 2 atom stereocenters. The van der Waals surface area contributed by atoms with Gasteiger partial charge in [-0.05, 0) is 49.1 Å². The summed E-state index contributed by atoms with van der Waals surface area (Å²) in [6.45, 7) is 7.84. The minimum atomic E-state index is -1.34. The molecule has 1 aliphatic heterocycles. The molecule has 156 valence electrons. The van der Waals surface area contributed by atoms with E-state index in [9.17, 15) is 9.90 Å². The second kappa shape index (κ2) is 7.54. The summed E-state index contributed by atoms with van der Waals surface area (Å²) in [7, 11) is 0. The maximum absolute atomic E-state index is 15.4. The molecule has 4 rings (SSSR count). The molecular formula is C23H23ClFN3O2. The smallest absolute Gasteiger partial charge is 0.246 e. The van der Waals surface area contributed by atoms with E-state index in [-0.39, 0.29) is 17.5 Å². The summed E-state index contributed by atoms with van der Waals surface area (Å²) in [4.78, 5) is 17.1. The third-order valence-corrected chi connectivity index (χ3v) is 6.42. The molecule has 0 bridgehead atoms. The highest BCUT2D eigenvalue weighted by Gasteiger charge is 2.30. The number of aromatic nitrogens is 1. The van der Waals surface area contributed by atoms with Crippen molar-refractivity contribution in [1.82, 2.24) is 9.88 Å². The lowest BCUT2D eigenvalue weighted by Gasteiger charge is -2.35. The van der Waals surface area contributed by atoms with E-state index in [2.05, 4.69) is 11.6 Å². The number of aromatic amines is 1. The van der Waals surface area contributed by atoms with E-state index in [4.69, 9.17) is 17.3 Å². The molecule has 1 aromatic heterocycles. The van der Waals surface area contributed by atoms with Crippen molar-refractivity contribution in [3.8, 4) is 11.1 Å². The Hall–Kier alpha value is -2.67. The Kier molecular flexibility index (Phi) is 5.18. The van der Waals surface area contributed by atoms with E-state index in [0.29, 0.717) is 40.1 Å². The number of H-pyrrole nitrogens is 1. The number of hydrogen-bond donors (Lipinski definition) is 3. The lowest BCUT2D eigenvalue weighted by molar-refractivity contribution is -0.128. The van der Waals surface area contributed by atoms with Crippen LogP contribution < -0.4 is 5.73 Å². The summed E-state index contributed by atoms with van der Waals surface area (Å²) in [6.07, 6.45) is 0.556. The minimum absolute atomic E-state index is 0.127. The number of hydrogen-bond acceptors (Lipinski definition) is 3. The third kappa shape index (κ3) is 3.03. The number of halogens is 2. The number of aryl methyl sites for hydroxylation is 1. The van der Waals surface area contributed by atoms with Gasteiger partial charge in [0.25, 0.3) is 0 Å².